The molecule has 0 aliphatic carbocycles. The zero-order valence-electron chi connectivity index (χ0n) is 16.3. The van der Waals surface area contributed by atoms with Crippen LogP contribution in [0.15, 0.2) is 29.4 Å². The van der Waals surface area contributed by atoms with Crippen molar-refractivity contribution in [1.82, 2.24) is 15.2 Å². The minimum atomic E-state index is -2.85. The van der Waals surface area contributed by atoms with Crippen molar-refractivity contribution in [2.45, 2.75) is 32.7 Å². The van der Waals surface area contributed by atoms with E-state index in [9.17, 15) is 8.42 Å². The van der Waals surface area contributed by atoms with Crippen LogP contribution in [0.1, 0.15) is 26.7 Å². The summed E-state index contributed by atoms with van der Waals surface area (Å²) in [6.45, 7) is 8.44. The SMILES string of the molecule is CCC(C)NC(=NCC1CCS(=O)(=O)C1)N1CCN(c2ccccn2)CC1. The summed E-state index contributed by atoms with van der Waals surface area (Å²) in [6, 6.07) is 6.33. The fourth-order valence-corrected chi connectivity index (χ4v) is 5.33. The third kappa shape index (κ3) is 5.57. The lowest BCUT2D eigenvalue weighted by atomic mass is 10.1. The first-order valence-corrected chi connectivity index (χ1v) is 11.7. The van der Waals surface area contributed by atoms with Gasteiger partial charge in [-0.3, -0.25) is 4.99 Å². The minimum Gasteiger partial charge on any atom is -0.354 e. The maximum Gasteiger partial charge on any atom is 0.194 e. The van der Waals surface area contributed by atoms with E-state index in [1.54, 1.807) is 0 Å². The van der Waals surface area contributed by atoms with Gasteiger partial charge in [0.1, 0.15) is 5.82 Å². The molecule has 2 unspecified atom stereocenters. The lowest BCUT2D eigenvalue weighted by Gasteiger charge is -2.38. The number of piperazine rings is 1. The van der Waals surface area contributed by atoms with E-state index in [2.05, 4.69) is 33.9 Å². The number of anilines is 1. The molecule has 1 aromatic rings. The van der Waals surface area contributed by atoms with Gasteiger partial charge < -0.3 is 15.1 Å². The van der Waals surface area contributed by atoms with Crippen LogP contribution in [0.25, 0.3) is 0 Å². The predicted octanol–water partition coefficient (Wildman–Crippen LogP) is 1.38. The van der Waals surface area contributed by atoms with Crippen molar-refractivity contribution in [1.29, 1.82) is 0 Å². The molecule has 0 radical (unpaired) electrons. The van der Waals surface area contributed by atoms with Crippen LogP contribution in [0.5, 0.6) is 0 Å². The summed E-state index contributed by atoms with van der Waals surface area (Å²) in [5, 5.41) is 3.53. The van der Waals surface area contributed by atoms with Gasteiger partial charge in [0.25, 0.3) is 0 Å². The number of hydrogen-bond acceptors (Lipinski definition) is 5. The van der Waals surface area contributed by atoms with Gasteiger partial charge in [-0.1, -0.05) is 13.0 Å². The summed E-state index contributed by atoms with van der Waals surface area (Å²) in [4.78, 5) is 13.8. The smallest absolute Gasteiger partial charge is 0.194 e. The highest BCUT2D eigenvalue weighted by Crippen LogP contribution is 2.19. The lowest BCUT2D eigenvalue weighted by molar-refractivity contribution is 0.364. The first-order chi connectivity index (χ1) is 13.0. The Balaban J connectivity index is 1.62. The molecule has 1 aromatic heterocycles. The second kappa shape index (κ2) is 8.91. The zero-order valence-corrected chi connectivity index (χ0v) is 17.2. The zero-order chi connectivity index (χ0) is 19.3. The summed E-state index contributed by atoms with van der Waals surface area (Å²) in [5.41, 5.74) is 0. The first-order valence-electron chi connectivity index (χ1n) is 9.89. The largest absolute Gasteiger partial charge is 0.354 e. The molecule has 8 heteroatoms. The Bertz CT molecular complexity index is 730. The molecule has 27 heavy (non-hydrogen) atoms. The van der Waals surface area contributed by atoms with E-state index in [0.29, 0.717) is 18.3 Å². The van der Waals surface area contributed by atoms with Crippen molar-refractivity contribution in [2.24, 2.45) is 10.9 Å². The van der Waals surface area contributed by atoms with Gasteiger partial charge in [0, 0.05) is 45.0 Å². The average molecular weight is 394 g/mol. The van der Waals surface area contributed by atoms with Gasteiger partial charge in [0.2, 0.25) is 0 Å². The third-order valence-electron chi connectivity index (χ3n) is 5.37. The number of hydrogen-bond donors (Lipinski definition) is 1. The molecule has 7 nitrogen and oxygen atoms in total. The van der Waals surface area contributed by atoms with Gasteiger partial charge in [0.15, 0.2) is 15.8 Å². The molecule has 3 heterocycles. The van der Waals surface area contributed by atoms with Gasteiger partial charge in [-0.05, 0) is 37.8 Å². The highest BCUT2D eigenvalue weighted by Gasteiger charge is 2.28. The van der Waals surface area contributed by atoms with Gasteiger partial charge >= 0.3 is 0 Å². The van der Waals surface area contributed by atoms with E-state index in [-0.39, 0.29) is 11.7 Å². The Morgan fingerprint density at radius 3 is 2.70 bits per heavy atom. The maximum atomic E-state index is 11.7. The minimum absolute atomic E-state index is 0.151. The number of guanidine groups is 1. The Morgan fingerprint density at radius 1 is 1.33 bits per heavy atom. The Hall–Kier alpha value is -1.83. The Kier molecular flexibility index (Phi) is 6.57. The average Bonchev–Trinajstić information content (AvgIpc) is 3.04. The molecule has 3 rings (SSSR count). The summed E-state index contributed by atoms with van der Waals surface area (Å²) in [5.74, 6) is 2.67. The molecule has 150 valence electrons. The molecule has 2 atom stereocenters. The van der Waals surface area contributed by atoms with Crippen LogP contribution < -0.4 is 10.2 Å². The molecule has 0 bridgehead atoms. The number of nitrogens with zero attached hydrogens (tertiary/aromatic N) is 4. The number of aliphatic imine (C=N–C) groups is 1. The van der Waals surface area contributed by atoms with Crippen molar-refractivity contribution < 1.29 is 8.42 Å². The molecule has 2 fully saturated rings. The Labute approximate surface area is 162 Å². The molecule has 0 spiro atoms. The summed E-state index contributed by atoms with van der Waals surface area (Å²) in [6.07, 6.45) is 3.58. The standard InChI is InChI=1S/C19H31N5O2S/c1-3-16(2)22-19(21-14-17-7-13-27(25,26)15-17)24-11-9-23(10-12-24)18-6-4-5-8-20-18/h4-6,8,16-17H,3,7,9-15H2,1-2H3,(H,21,22). The number of pyridine rings is 1. The van der Waals surface area contributed by atoms with Crippen molar-refractivity contribution in [3.8, 4) is 0 Å². The third-order valence-corrected chi connectivity index (χ3v) is 7.20. The van der Waals surface area contributed by atoms with Crippen LogP contribution in [0.4, 0.5) is 5.82 Å². The van der Waals surface area contributed by atoms with E-state index >= 15 is 0 Å². The molecule has 0 saturated carbocycles. The van der Waals surface area contributed by atoms with Crippen molar-refractivity contribution in [2.75, 3.05) is 49.1 Å². The normalized spacial score (nSPS) is 24.1. The number of aromatic nitrogens is 1. The second-order valence-electron chi connectivity index (χ2n) is 7.55. The summed E-state index contributed by atoms with van der Waals surface area (Å²) >= 11 is 0. The van der Waals surface area contributed by atoms with E-state index in [1.807, 2.05) is 24.4 Å². The molecule has 2 saturated heterocycles. The monoisotopic (exact) mass is 393 g/mol. The van der Waals surface area contributed by atoms with Crippen molar-refractivity contribution >= 4 is 21.6 Å². The maximum absolute atomic E-state index is 11.7. The first kappa shape index (κ1) is 19.9. The Morgan fingerprint density at radius 2 is 2.11 bits per heavy atom. The van der Waals surface area contributed by atoms with Crippen LogP contribution in [-0.2, 0) is 9.84 Å². The highest BCUT2D eigenvalue weighted by atomic mass is 32.2. The van der Waals surface area contributed by atoms with Crippen LogP contribution >= 0.6 is 0 Å². The highest BCUT2D eigenvalue weighted by molar-refractivity contribution is 7.91. The number of rotatable bonds is 5. The van der Waals surface area contributed by atoms with Gasteiger partial charge in [0.05, 0.1) is 11.5 Å². The fraction of sp³-hybridized carbons (Fsp3) is 0.684. The molecular weight excluding hydrogens is 362 g/mol. The summed E-state index contributed by atoms with van der Waals surface area (Å²) < 4.78 is 23.4. The summed E-state index contributed by atoms with van der Waals surface area (Å²) in [7, 11) is -2.85. The van der Waals surface area contributed by atoms with Crippen LogP contribution in [-0.4, -0.2) is 74.5 Å². The topological polar surface area (TPSA) is 77.9 Å². The van der Waals surface area contributed by atoms with Crippen molar-refractivity contribution in [3.05, 3.63) is 24.4 Å². The van der Waals surface area contributed by atoms with Gasteiger partial charge in [-0.15, -0.1) is 0 Å². The quantitative estimate of drug-likeness (QED) is 0.602. The molecule has 2 aliphatic rings. The second-order valence-corrected chi connectivity index (χ2v) is 9.78. The van der Waals surface area contributed by atoms with Crippen LogP contribution in [0.2, 0.25) is 0 Å². The molecule has 0 aromatic carbocycles. The van der Waals surface area contributed by atoms with Gasteiger partial charge in [-0.25, -0.2) is 13.4 Å². The van der Waals surface area contributed by atoms with Crippen LogP contribution in [0.3, 0.4) is 0 Å². The fourth-order valence-electron chi connectivity index (χ4n) is 3.48. The molecular formula is C19H31N5O2S. The van der Waals surface area contributed by atoms with Crippen LogP contribution in [0, 0.1) is 5.92 Å². The number of nitrogens with one attached hydrogen (secondary N) is 1. The van der Waals surface area contributed by atoms with Crippen molar-refractivity contribution in [3.63, 3.8) is 0 Å². The van der Waals surface area contributed by atoms with E-state index in [4.69, 9.17) is 4.99 Å². The molecule has 2 aliphatic heterocycles. The van der Waals surface area contributed by atoms with E-state index in [1.165, 1.54) is 0 Å². The number of sulfone groups is 1. The lowest BCUT2D eigenvalue weighted by Crippen LogP contribution is -2.54. The van der Waals surface area contributed by atoms with E-state index < -0.39 is 9.84 Å². The molecule has 1 N–H and O–H groups in total. The van der Waals surface area contributed by atoms with E-state index in [0.717, 1.165) is 50.8 Å². The van der Waals surface area contributed by atoms with Gasteiger partial charge in [-0.2, -0.15) is 0 Å². The predicted molar refractivity (Wildman–Crippen MR) is 110 cm³/mol. The molecule has 0 amide bonds.